The molecule has 0 saturated carbocycles. The van der Waals surface area contributed by atoms with Gasteiger partial charge in [0.25, 0.3) is 0 Å². The van der Waals surface area contributed by atoms with Crippen LogP contribution in [0, 0.1) is 14.9 Å². The van der Waals surface area contributed by atoms with Crippen molar-refractivity contribution in [2.45, 2.75) is 6.61 Å². The lowest BCUT2D eigenvalue weighted by molar-refractivity contribution is 0.280. The summed E-state index contributed by atoms with van der Waals surface area (Å²) >= 11 is 2.17. The van der Waals surface area contributed by atoms with E-state index < -0.39 is 0 Å². The van der Waals surface area contributed by atoms with Crippen LogP contribution in [0.1, 0.15) is 11.1 Å². The van der Waals surface area contributed by atoms with Crippen LogP contribution < -0.4 is 4.74 Å². The van der Waals surface area contributed by atoms with Gasteiger partial charge in [-0.25, -0.2) is 0 Å². The maximum atomic E-state index is 9.18. The van der Waals surface area contributed by atoms with Gasteiger partial charge in [0.05, 0.1) is 18.2 Å². The van der Waals surface area contributed by atoms with Gasteiger partial charge in [-0.05, 0) is 70.6 Å². The molecule has 1 N–H and O–H groups in total. The highest BCUT2D eigenvalue weighted by atomic mass is 127. The number of hydrogen-bond donors (Lipinski definition) is 1. The zero-order chi connectivity index (χ0) is 13.0. The fourth-order valence-corrected chi connectivity index (χ4v) is 1.98. The summed E-state index contributed by atoms with van der Waals surface area (Å²) in [5.41, 5.74) is 1.43. The van der Waals surface area contributed by atoms with Crippen LogP contribution in [0.25, 0.3) is 0 Å². The minimum Gasteiger partial charge on any atom is -0.457 e. The maximum absolute atomic E-state index is 9.18. The summed E-state index contributed by atoms with van der Waals surface area (Å²) in [4.78, 5) is 0. The van der Waals surface area contributed by atoms with Crippen molar-refractivity contribution in [3.63, 3.8) is 0 Å². The van der Waals surface area contributed by atoms with Crippen molar-refractivity contribution < 1.29 is 9.84 Å². The second-order valence-corrected chi connectivity index (χ2v) is 4.81. The highest BCUT2D eigenvalue weighted by Gasteiger charge is 2.02. The lowest BCUT2D eigenvalue weighted by Gasteiger charge is -2.08. The molecular formula is C14H10INO2. The predicted molar refractivity (Wildman–Crippen MR) is 76.3 cm³/mol. The Morgan fingerprint density at radius 2 is 1.78 bits per heavy atom. The standard InChI is InChI=1S/C14H10INO2/c15-14-6-5-13(7-11(14)9-17)18-12-3-1-10(8-16)2-4-12/h1-7,17H,9H2. The van der Waals surface area contributed by atoms with E-state index in [4.69, 9.17) is 10.00 Å². The number of hydrogen-bond acceptors (Lipinski definition) is 3. The molecule has 0 bridgehead atoms. The van der Waals surface area contributed by atoms with Crippen LogP contribution in [0.5, 0.6) is 11.5 Å². The molecule has 0 fully saturated rings. The summed E-state index contributed by atoms with van der Waals surface area (Å²) in [5, 5.41) is 17.9. The molecule has 2 aromatic carbocycles. The molecule has 0 unspecified atom stereocenters. The minimum absolute atomic E-state index is 0.0111. The van der Waals surface area contributed by atoms with Crippen LogP contribution in [0.3, 0.4) is 0 Å². The molecule has 0 spiro atoms. The van der Waals surface area contributed by atoms with Crippen molar-refractivity contribution in [3.05, 3.63) is 57.2 Å². The first-order valence-electron chi connectivity index (χ1n) is 5.30. The van der Waals surface area contributed by atoms with Gasteiger partial charge in [-0.3, -0.25) is 0 Å². The van der Waals surface area contributed by atoms with Gasteiger partial charge in [0.1, 0.15) is 11.5 Å². The van der Waals surface area contributed by atoms with Gasteiger partial charge < -0.3 is 9.84 Å². The van der Waals surface area contributed by atoms with Crippen molar-refractivity contribution in [1.29, 1.82) is 5.26 Å². The van der Waals surface area contributed by atoms with E-state index in [0.717, 1.165) is 9.13 Å². The largest absolute Gasteiger partial charge is 0.457 e. The van der Waals surface area contributed by atoms with Gasteiger partial charge >= 0.3 is 0 Å². The summed E-state index contributed by atoms with van der Waals surface area (Å²) < 4.78 is 6.65. The second-order valence-electron chi connectivity index (χ2n) is 3.65. The number of aliphatic hydroxyl groups excluding tert-OH is 1. The number of nitriles is 1. The van der Waals surface area contributed by atoms with Crippen LogP contribution in [-0.2, 0) is 6.61 Å². The molecule has 0 aliphatic carbocycles. The molecule has 0 aromatic heterocycles. The van der Waals surface area contributed by atoms with Crippen molar-refractivity contribution in [1.82, 2.24) is 0 Å². The highest BCUT2D eigenvalue weighted by Crippen LogP contribution is 2.25. The van der Waals surface area contributed by atoms with E-state index in [1.807, 2.05) is 12.1 Å². The molecule has 4 heteroatoms. The normalized spacial score (nSPS) is 9.83. The molecule has 18 heavy (non-hydrogen) atoms. The van der Waals surface area contributed by atoms with Gasteiger partial charge in [0.2, 0.25) is 0 Å². The Labute approximate surface area is 119 Å². The first kappa shape index (κ1) is 12.9. The molecule has 2 aromatic rings. The van der Waals surface area contributed by atoms with Crippen molar-refractivity contribution in [2.24, 2.45) is 0 Å². The molecule has 0 radical (unpaired) electrons. The molecule has 3 nitrogen and oxygen atoms in total. The smallest absolute Gasteiger partial charge is 0.127 e. The Balaban J connectivity index is 2.20. The number of ether oxygens (including phenoxy) is 1. The third-order valence-corrected chi connectivity index (χ3v) is 3.46. The average molecular weight is 351 g/mol. The number of nitrogens with zero attached hydrogens (tertiary/aromatic N) is 1. The van der Waals surface area contributed by atoms with Gasteiger partial charge in [-0.2, -0.15) is 5.26 Å². The zero-order valence-electron chi connectivity index (χ0n) is 9.43. The Bertz CT molecular complexity index is 588. The molecule has 2 rings (SSSR count). The third-order valence-electron chi connectivity index (χ3n) is 2.41. The number of halogens is 1. The lowest BCUT2D eigenvalue weighted by atomic mass is 10.2. The Hall–Kier alpha value is -1.58. The van der Waals surface area contributed by atoms with E-state index in [1.54, 1.807) is 30.3 Å². The first-order valence-corrected chi connectivity index (χ1v) is 6.38. The molecule has 0 atom stereocenters. The predicted octanol–water partition coefficient (Wildman–Crippen LogP) is 3.45. The van der Waals surface area contributed by atoms with Crippen LogP contribution >= 0.6 is 22.6 Å². The van der Waals surface area contributed by atoms with Crippen molar-refractivity contribution in [3.8, 4) is 17.6 Å². The molecular weight excluding hydrogens is 341 g/mol. The molecule has 90 valence electrons. The third kappa shape index (κ3) is 3.00. The summed E-state index contributed by atoms with van der Waals surface area (Å²) in [6, 6.07) is 14.5. The van der Waals surface area contributed by atoms with Gasteiger partial charge in [0.15, 0.2) is 0 Å². The topological polar surface area (TPSA) is 53.2 Å². The Morgan fingerprint density at radius 1 is 1.11 bits per heavy atom. The lowest BCUT2D eigenvalue weighted by Crippen LogP contribution is -1.91. The maximum Gasteiger partial charge on any atom is 0.127 e. The molecule has 0 amide bonds. The molecule has 0 heterocycles. The van der Waals surface area contributed by atoms with Crippen molar-refractivity contribution >= 4 is 22.6 Å². The number of aliphatic hydroxyl groups is 1. The minimum atomic E-state index is -0.0111. The van der Waals surface area contributed by atoms with E-state index in [9.17, 15) is 5.11 Å². The van der Waals surface area contributed by atoms with Gasteiger partial charge in [-0.1, -0.05) is 0 Å². The first-order chi connectivity index (χ1) is 8.72. The zero-order valence-corrected chi connectivity index (χ0v) is 11.6. The average Bonchev–Trinajstić information content (AvgIpc) is 2.42. The van der Waals surface area contributed by atoms with Gasteiger partial charge in [0, 0.05) is 3.57 Å². The summed E-state index contributed by atoms with van der Waals surface area (Å²) in [7, 11) is 0. The summed E-state index contributed by atoms with van der Waals surface area (Å²) in [6.45, 7) is -0.0111. The molecule has 0 aliphatic rings. The Kier molecular flexibility index (Phi) is 4.18. The van der Waals surface area contributed by atoms with Crippen LogP contribution in [-0.4, -0.2) is 5.11 Å². The highest BCUT2D eigenvalue weighted by molar-refractivity contribution is 14.1. The van der Waals surface area contributed by atoms with E-state index >= 15 is 0 Å². The van der Waals surface area contributed by atoms with Crippen LogP contribution in [0.4, 0.5) is 0 Å². The van der Waals surface area contributed by atoms with Crippen molar-refractivity contribution in [2.75, 3.05) is 0 Å². The quantitative estimate of drug-likeness (QED) is 0.862. The molecule has 0 aliphatic heterocycles. The van der Waals surface area contributed by atoms with E-state index in [0.29, 0.717) is 17.1 Å². The fourth-order valence-electron chi connectivity index (χ4n) is 1.47. The summed E-state index contributed by atoms with van der Waals surface area (Å²) in [5.74, 6) is 1.34. The number of benzene rings is 2. The van der Waals surface area contributed by atoms with E-state index in [2.05, 4.69) is 28.7 Å². The second kappa shape index (κ2) is 5.85. The summed E-state index contributed by atoms with van der Waals surface area (Å²) in [6.07, 6.45) is 0. The SMILES string of the molecule is N#Cc1ccc(Oc2ccc(I)c(CO)c2)cc1. The monoisotopic (exact) mass is 351 g/mol. The van der Waals surface area contributed by atoms with E-state index in [-0.39, 0.29) is 6.61 Å². The van der Waals surface area contributed by atoms with Crippen LogP contribution in [0.15, 0.2) is 42.5 Å². The Morgan fingerprint density at radius 3 is 2.39 bits per heavy atom. The van der Waals surface area contributed by atoms with E-state index in [1.165, 1.54) is 0 Å². The van der Waals surface area contributed by atoms with Crippen LogP contribution in [0.2, 0.25) is 0 Å². The van der Waals surface area contributed by atoms with Gasteiger partial charge in [-0.15, -0.1) is 0 Å². The fraction of sp³-hybridized carbons (Fsp3) is 0.0714. The molecule has 0 saturated heterocycles. The number of rotatable bonds is 3.